The highest BCUT2D eigenvalue weighted by Gasteiger charge is 2.20. The van der Waals surface area contributed by atoms with Gasteiger partial charge in [0.15, 0.2) is 0 Å². The van der Waals surface area contributed by atoms with Gasteiger partial charge in [0, 0.05) is 19.3 Å². The Bertz CT molecular complexity index is 447. The van der Waals surface area contributed by atoms with Gasteiger partial charge in [0.25, 0.3) is 5.91 Å². The maximum Gasteiger partial charge on any atom is 0.255 e. The van der Waals surface area contributed by atoms with Gasteiger partial charge in [0.1, 0.15) is 5.82 Å². The van der Waals surface area contributed by atoms with E-state index >= 15 is 0 Å². The zero-order valence-electron chi connectivity index (χ0n) is 12.5. The van der Waals surface area contributed by atoms with Crippen molar-refractivity contribution in [3.05, 3.63) is 23.9 Å². The SMILES string of the molecule is CCNc1ncccc1C(=O)NCC1CCCC(C)C1. The second-order valence-electron chi connectivity index (χ2n) is 5.78. The zero-order valence-corrected chi connectivity index (χ0v) is 12.5. The summed E-state index contributed by atoms with van der Waals surface area (Å²) in [7, 11) is 0. The molecule has 1 amide bonds. The highest BCUT2D eigenvalue weighted by atomic mass is 16.1. The molecule has 0 saturated heterocycles. The van der Waals surface area contributed by atoms with Gasteiger partial charge < -0.3 is 10.6 Å². The van der Waals surface area contributed by atoms with Crippen molar-refractivity contribution in [3.63, 3.8) is 0 Å². The average molecular weight is 275 g/mol. The van der Waals surface area contributed by atoms with E-state index in [9.17, 15) is 4.79 Å². The van der Waals surface area contributed by atoms with Gasteiger partial charge in [-0.3, -0.25) is 4.79 Å². The number of carbonyl (C=O) groups is 1. The summed E-state index contributed by atoms with van der Waals surface area (Å²) in [5, 5.41) is 6.20. The molecule has 2 N–H and O–H groups in total. The molecule has 2 unspecified atom stereocenters. The lowest BCUT2D eigenvalue weighted by atomic mass is 9.82. The number of hydrogen-bond donors (Lipinski definition) is 2. The van der Waals surface area contributed by atoms with Crippen LogP contribution in [0.25, 0.3) is 0 Å². The monoisotopic (exact) mass is 275 g/mol. The molecule has 1 aliphatic carbocycles. The number of anilines is 1. The van der Waals surface area contributed by atoms with Crippen LogP contribution in [0.4, 0.5) is 5.82 Å². The first-order valence-electron chi connectivity index (χ1n) is 7.67. The Labute approximate surface area is 121 Å². The Morgan fingerprint density at radius 2 is 2.30 bits per heavy atom. The second kappa shape index (κ2) is 7.27. The lowest BCUT2D eigenvalue weighted by molar-refractivity contribution is 0.0941. The maximum absolute atomic E-state index is 12.3. The molecule has 1 saturated carbocycles. The van der Waals surface area contributed by atoms with Gasteiger partial charge in [0.05, 0.1) is 5.56 Å². The molecule has 1 aliphatic rings. The number of hydrogen-bond acceptors (Lipinski definition) is 3. The fourth-order valence-electron chi connectivity index (χ4n) is 2.97. The van der Waals surface area contributed by atoms with Crippen molar-refractivity contribution in [1.82, 2.24) is 10.3 Å². The summed E-state index contributed by atoms with van der Waals surface area (Å²) in [4.78, 5) is 16.5. The van der Waals surface area contributed by atoms with E-state index in [4.69, 9.17) is 0 Å². The van der Waals surface area contributed by atoms with Crippen molar-refractivity contribution in [2.45, 2.75) is 39.5 Å². The Balaban J connectivity index is 1.91. The van der Waals surface area contributed by atoms with Crippen molar-refractivity contribution < 1.29 is 4.79 Å². The van der Waals surface area contributed by atoms with Gasteiger partial charge in [-0.2, -0.15) is 0 Å². The summed E-state index contributed by atoms with van der Waals surface area (Å²) in [5.74, 6) is 2.07. The molecule has 0 spiro atoms. The number of nitrogens with zero attached hydrogens (tertiary/aromatic N) is 1. The predicted octanol–water partition coefficient (Wildman–Crippen LogP) is 3.07. The van der Waals surface area contributed by atoms with E-state index < -0.39 is 0 Å². The summed E-state index contributed by atoms with van der Waals surface area (Å²) in [5.41, 5.74) is 0.637. The van der Waals surface area contributed by atoms with Gasteiger partial charge in [-0.1, -0.05) is 19.8 Å². The van der Waals surface area contributed by atoms with Crippen LogP contribution in [0, 0.1) is 11.8 Å². The molecular weight excluding hydrogens is 250 g/mol. The molecule has 20 heavy (non-hydrogen) atoms. The molecular formula is C16H25N3O. The fourth-order valence-corrected chi connectivity index (χ4v) is 2.97. The molecule has 0 aliphatic heterocycles. The van der Waals surface area contributed by atoms with Gasteiger partial charge in [-0.15, -0.1) is 0 Å². The molecule has 110 valence electrons. The van der Waals surface area contributed by atoms with Crippen LogP contribution in [0.2, 0.25) is 0 Å². The third-order valence-corrected chi connectivity index (χ3v) is 3.99. The third kappa shape index (κ3) is 3.95. The van der Waals surface area contributed by atoms with Gasteiger partial charge in [0.2, 0.25) is 0 Å². The van der Waals surface area contributed by atoms with E-state index in [0.717, 1.165) is 19.0 Å². The lowest BCUT2D eigenvalue weighted by Crippen LogP contribution is -2.32. The summed E-state index contributed by atoms with van der Waals surface area (Å²) < 4.78 is 0. The first-order valence-corrected chi connectivity index (χ1v) is 7.67. The summed E-state index contributed by atoms with van der Waals surface area (Å²) in [6.45, 7) is 5.85. The summed E-state index contributed by atoms with van der Waals surface area (Å²) in [6, 6.07) is 3.63. The molecule has 2 rings (SSSR count). The van der Waals surface area contributed by atoms with Crippen LogP contribution in [-0.4, -0.2) is 24.0 Å². The zero-order chi connectivity index (χ0) is 14.4. The minimum Gasteiger partial charge on any atom is -0.370 e. The topological polar surface area (TPSA) is 54.0 Å². The van der Waals surface area contributed by atoms with E-state index in [1.807, 2.05) is 13.0 Å². The number of amides is 1. The predicted molar refractivity (Wildman–Crippen MR) is 81.9 cm³/mol. The third-order valence-electron chi connectivity index (χ3n) is 3.99. The number of pyridine rings is 1. The smallest absolute Gasteiger partial charge is 0.255 e. The highest BCUT2D eigenvalue weighted by molar-refractivity contribution is 5.98. The van der Waals surface area contributed by atoms with E-state index in [0.29, 0.717) is 17.3 Å². The van der Waals surface area contributed by atoms with Crippen molar-refractivity contribution in [2.24, 2.45) is 11.8 Å². The van der Waals surface area contributed by atoms with Crippen molar-refractivity contribution in [1.29, 1.82) is 0 Å². The average Bonchev–Trinajstić information content (AvgIpc) is 2.46. The highest BCUT2D eigenvalue weighted by Crippen LogP contribution is 2.28. The standard InChI is InChI=1S/C16H25N3O/c1-3-17-15-14(8-5-9-18-15)16(20)19-11-13-7-4-6-12(2)10-13/h5,8-9,12-13H,3-4,6-7,10-11H2,1-2H3,(H,17,18)(H,19,20). The molecule has 2 atom stereocenters. The van der Waals surface area contributed by atoms with Crippen LogP contribution in [0.15, 0.2) is 18.3 Å². The van der Waals surface area contributed by atoms with Crippen molar-refractivity contribution in [3.8, 4) is 0 Å². The Morgan fingerprint density at radius 1 is 1.45 bits per heavy atom. The van der Waals surface area contributed by atoms with Crippen LogP contribution >= 0.6 is 0 Å². The second-order valence-corrected chi connectivity index (χ2v) is 5.78. The Hall–Kier alpha value is -1.58. The molecule has 0 radical (unpaired) electrons. The van der Waals surface area contributed by atoms with Crippen LogP contribution in [-0.2, 0) is 0 Å². The van der Waals surface area contributed by atoms with E-state index in [-0.39, 0.29) is 5.91 Å². The molecule has 4 nitrogen and oxygen atoms in total. The minimum atomic E-state index is -0.0210. The van der Waals surface area contributed by atoms with Crippen LogP contribution in [0.5, 0.6) is 0 Å². The Kier molecular flexibility index (Phi) is 5.39. The minimum absolute atomic E-state index is 0.0210. The van der Waals surface area contributed by atoms with Crippen LogP contribution in [0.1, 0.15) is 49.9 Å². The number of carbonyl (C=O) groups excluding carboxylic acids is 1. The largest absolute Gasteiger partial charge is 0.370 e. The first-order chi connectivity index (χ1) is 9.70. The number of aromatic nitrogens is 1. The molecule has 1 aromatic rings. The summed E-state index contributed by atoms with van der Waals surface area (Å²) in [6.07, 6.45) is 6.79. The van der Waals surface area contributed by atoms with Gasteiger partial charge >= 0.3 is 0 Å². The van der Waals surface area contributed by atoms with Gasteiger partial charge in [-0.25, -0.2) is 4.98 Å². The van der Waals surface area contributed by atoms with Crippen LogP contribution in [0.3, 0.4) is 0 Å². The number of nitrogens with one attached hydrogen (secondary N) is 2. The van der Waals surface area contributed by atoms with Crippen molar-refractivity contribution >= 4 is 11.7 Å². The van der Waals surface area contributed by atoms with Gasteiger partial charge in [-0.05, 0) is 43.7 Å². The summed E-state index contributed by atoms with van der Waals surface area (Å²) >= 11 is 0. The van der Waals surface area contributed by atoms with Crippen molar-refractivity contribution in [2.75, 3.05) is 18.4 Å². The quantitative estimate of drug-likeness (QED) is 0.868. The van der Waals surface area contributed by atoms with E-state index in [2.05, 4.69) is 22.5 Å². The molecule has 1 fully saturated rings. The molecule has 1 heterocycles. The molecule has 1 aromatic heterocycles. The molecule has 4 heteroatoms. The normalized spacial score (nSPS) is 22.3. The lowest BCUT2D eigenvalue weighted by Gasteiger charge is -2.26. The first kappa shape index (κ1) is 14.8. The van der Waals surface area contributed by atoms with E-state index in [1.165, 1.54) is 25.7 Å². The fraction of sp³-hybridized carbons (Fsp3) is 0.625. The Morgan fingerprint density at radius 3 is 3.05 bits per heavy atom. The molecule has 0 aromatic carbocycles. The maximum atomic E-state index is 12.3. The molecule has 0 bridgehead atoms. The van der Waals surface area contributed by atoms with Crippen LogP contribution < -0.4 is 10.6 Å². The number of rotatable bonds is 5. The van der Waals surface area contributed by atoms with E-state index in [1.54, 1.807) is 12.3 Å².